The smallest absolute Gasteiger partial charge is 0.314 e. The van der Waals surface area contributed by atoms with Gasteiger partial charge in [-0.05, 0) is 101 Å². The summed E-state index contributed by atoms with van der Waals surface area (Å²) in [6.07, 6.45) is 2.51. The van der Waals surface area contributed by atoms with Crippen LogP contribution in [0.15, 0.2) is 24.3 Å². The van der Waals surface area contributed by atoms with Crippen LogP contribution in [0.5, 0.6) is 0 Å². The first-order valence-electron chi connectivity index (χ1n) is 12.5. The SMILES string of the molecule is CC1CC(CC(C)C[Si](C)(O[Si](C)(C)C)O[Si](C)(C)C)C(O)C(n2nc3ccccc3n2)C1. The van der Waals surface area contributed by atoms with Crippen LogP contribution in [0.1, 0.15) is 39.2 Å². The van der Waals surface area contributed by atoms with Crippen LogP contribution in [-0.4, -0.2) is 51.4 Å². The summed E-state index contributed by atoms with van der Waals surface area (Å²) in [5.74, 6) is 1.20. The third kappa shape index (κ3) is 7.57. The quantitative estimate of drug-likeness (QED) is 0.410. The Hall–Kier alpha value is -0.849. The molecule has 33 heavy (non-hydrogen) atoms. The van der Waals surface area contributed by atoms with Gasteiger partial charge in [0.1, 0.15) is 11.0 Å². The lowest BCUT2D eigenvalue weighted by Gasteiger charge is -2.42. The van der Waals surface area contributed by atoms with Crippen LogP contribution in [0, 0.1) is 17.8 Å². The van der Waals surface area contributed by atoms with Crippen LogP contribution >= 0.6 is 0 Å². The maximum atomic E-state index is 11.4. The lowest BCUT2D eigenvalue weighted by molar-refractivity contribution is -0.0121. The fourth-order valence-electron chi connectivity index (χ4n) is 5.74. The number of fused-ring (bicyclic) bond motifs is 1. The molecule has 5 atom stereocenters. The van der Waals surface area contributed by atoms with Crippen LogP contribution in [0.4, 0.5) is 0 Å². The highest BCUT2D eigenvalue weighted by atomic mass is 28.5. The molecule has 9 heteroatoms. The van der Waals surface area contributed by atoms with Gasteiger partial charge in [0.25, 0.3) is 0 Å². The number of benzene rings is 1. The molecular weight excluding hydrogens is 463 g/mol. The molecule has 1 N–H and O–H groups in total. The molecule has 0 aliphatic heterocycles. The molecule has 6 nitrogen and oxygen atoms in total. The van der Waals surface area contributed by atoms with E-state index in [1.165, 1.54) is 0 Å². The second-order valence-electron chi connectivity index (χ2n) is 12.5. The molecule has 1 heterocycles. The zero-order valence-electron chi connectivity index (χ0n) is 22.1. The van der Waals surface area contributed by atoms with Crippen molar-refractivity contribution in [3.63, 3.8) is 0 Å². The van der Waals surface area contributed by atoms with Crippen LogP contribution in [-0.2, 0) is 8.23 Å². The summed E-state index contributed by atoms with van der Waals surface area (Å²) >= 11 is 0. The molecule has 1 aromatic heterocycles. The summed E-state index contributed by atoms with van der Waals surface area (Å²) in [5.41, 5.74) is 1.78. The van der Waals surface area contributed by atoms with Crippen molar-refractivity contribution in [1.29, 1.82) is 0 Å². The second-order valence-corrected chi connectivity index (χ2v) is 25.3. The first-order chi connectivity index (χ1) is 15.1. The minimum absolute atomic E-state index is 0.0709. The molecule has 0 bridgehead atoms. The van der Waals surface area contributed by atoms with Gasteiger partial charge in [0.05, 0.1) is 12.1 Å². The Morgan fingerprint density at radius 2 is 1.48 bits per heavy atom. The Labute approximate surface area is 203 Å². The van der Waals surface area contributed by atoms with Gasteiger partial charge in [0.15, 0.2) is 16.6 Å². The van der Waals surface area contributed by atoms with Crippen molar-refractivity contribution < 1.29 is 13.3 Å². The van der Waals surface area contributed by atoms with Crippen molar-refractivity contribution in [2.75, 3.05) is 0 Å². The van der Waals surface area contributed by atoms with E-state index in [1.807, 2.05) is 24.3 Å². The highest BCUT2D eigenvalue weighted by Gasteiger charge is 2.43. The van der Waals surface area contributed by atoms with E-state index in [0.29, 0.717) is 11.8 Å². The molecule has 2 aromatic rings. The fourth-order valence-corrected chi connectivity index (χ4v) is 18.7. The van der Waals surface area contributed by atoms with Gasteiger partial charge in [-0.25, -0.2) is 0 Å². The van der Waals surface area contributed by atoms with Gasteiger partial charge in [-0.2, -0.15) is 15.0 Å². The average Bonchev–Trinajstić information content (AvgIpc) is 3.04. The predicted octanol–water partition coefficient (Wildman–Crippen LogP) is 6.18. The van der Waals surface area contributed by atoms with Crippen molar-refractivity contribution >= 4 is 36.2 Å². The van der Waals surface area contributed by atoms with E-state index in [9.17, 15) is 5.11 Å². The van der Waals surface area contributed by atoms with E-state index in [4.69, 9.17) is 18.4 Å². The number of hydrogen-bond acceptors (Lipinski definition) is 5. The van der Waals surface area contributed by atoms with Crippen molar-refractivity contribution in [3.05, 3.63) is 24.3 Å². The molecule has 1 aromatic carbocycles. The molecule has 186 valence electrons. The van der Waals surface area contributed by atoms with Crippen molar-refractivity contribution in [2.45, 2.75) is 97.1 Å². The molecule has 0 spiro atoms. The molecule has 1 aliphatic carbocycles. The van der Waals surface area contributed by atoms with E-state index in [1.54, 1.807) is 4.80 Å². The van der Waals surface area contributed by atoms with Crippen LogP contribution in [0.3, 0.4) is 0 Å². The Bertz CT molecular complexity index is 876. The Balaban J connectivity index is 1.73. The number of aromatic nitrogens is 3. The summed E-state index contributed by atoms with van der Waals surface area (Å²) in [4.78, 5) is 1.78. The van der Waals surface area contributed by atoms with Gasteiger partial charge in [-0.3, -0.25) is 0 Å². The molecular formula is C24H45N3O3Si3. The lowest BCUT2D eigenvalue weighted by atomic mass is 9.74. The zero-order valence-corrected chi connectivity index (χ0v) is 25.1. The predicted molar refractivity (Wildman–Crippen MR) is 144 cm³/mol. The third-order valence-electron chi connectivity index (χ3n) is 6.29. The molecule has 0 amide bonds. The normalized spacial score (nSPS) is 26.0. The van der Waals surface area contributed by atoms with E-state index in [2.05, 4.69) is 59.7 Å². The summed E-state index contributed by atoms with van der Waals surface area (Å²) in [7, 11) is -5.73. The van der Waals surface area contributed by atoms with Gasteiger partial charge < -0.3 is 13.3 Å². The number of aliphatic hydroxyl groups is 1. The number of aliphatic hydroxyl groups excluding tert-OH is 1. The van der Waals surface area contributed by atoms with Gasteiger partial charge >= 0.3 is 8.56 Å². The van der Waals surface area contributed by atoms with E-state index < -0.39 is 31.3 Å². The molecule has 1 aliphatic rings. The summed E-state index contributed by atoms with van der Waals surface area (Å²) in [6, 6.07) is 8.85. The molecule has 5 unspecified atom stereocenters. The maximum Gasteiger partial charge on any atom is 0.314 e. The summed E-state index contributed by atoms with van der Waals surface area (Å²) < 4.78 is 13.5. The minimum Gasteiger partial charge on any atom is -0.437 e. The van der Waals surface area contributed by atoms with Crippen LogP contribution in [0.25, 0.3) is 11.0 Å². The summed E-state index contributed by atoms with van der Waals surface area (Å²) in [5, 5.41) is 20.8. The number of hydrogen-bond donors (Lipinski definition) is 1. The molecule has 0 saturated heterocycles. The van der Waals surface area contributed by atoms with Crippen molar-refractivity contribution in [2.24, 2.45) is 17.8 Å². The van der Waals surface area contributed by atoms with Crippen LogP contribution < -0.4 is 0 Å². The van der Waals surface area contributed by atoms with Crippen molar-refractivity contribution in [3.8, 4) is 0 Å². The Morgan fingerprint density at radius 3 is 1.97 bits per heavy atom. The molecule has 1 saturated carbocycles. The second kappa shape index (κ2) is 10.0. The topological polar surface area (TPSA) is 69.4 Å². The first-order valence-corrected chi connectivity index (χ1v) is 21.9. The standard InChI is InChI=1S/C24H45N3O3Si3/c1-18-14-20(15-19(2)17-33(9,29-31(3,4)5)30-32(6,7)8)24(28)23(16-18)27-25-21-12-10-11-13-22(21)26-27/h10-13,18-20,23-24,28H,14-17H2,1-9H3. The van der Waals surface area contributed by atoms with E-state index >= 15 is 0 Å². The van der Waals surface area contributed by atoms with Crippen molar-refractivity contribution in [1.82, 2.24) is 15.0 Å². The zero-order chi connectivity index (χ0) is 24.6. The lowest BCUT2D eigenvalue weighted by Crippen LogP contribution is -2.53. The summed E-state index contributed by atoms with van der Waals surface area (Å²) in [6.45, 7) is 20.4. The highest BCUT2D eigenvalue weighted by Crippen LogP contribution is 2.40. The van der Waals surface area contributed by atoms with E-state index in [0.717, 1.165) is 36.3 Å². The monoisotopic (exact) mass is 507 g/mol. The Kier molecular flexibility index (Phi) is 8.13. The molecule has 0 radical (unpaired) electrons. The fraction of sp³-hybridized carbons (Fsp3) is 0.750. The third-order valence-corrected chi connectivity index (χ3v) is 16.1. The first kappa shape index (κ1) is 26.8. The number of rotatable bonds is 9. The highest BCUT2D eigenvalue weighted by molar-refractivity contribution is 6.87. The molecule has 3 rings (SSSR count). The van der Waals surface area contributed by atoms with Gasteiger partial charge in [0.2, 0.25) is 0 Å². The van der Waals surface area contributed by atoms with E-state index in [-0.39, 0.29) is 12.0 Å². The van der Waals surface area contributed by atoms with Gasteiger partial charge in [-0.1, -0.05) is 26.0 Å². The Morgan fingerprint density at radius 1 is 0.970 bits per heavy atom. The van der Waals surface area contributed by atoms with Gasteiger partial charge in [0, 0.05) is 0 Å². The van der Waals surface area contributed by atoms with Gasteiger partial charge in [-0.15, -0.1) is 0 Å². The maximum absolute atomic E-state index is 11.4. The minimum atomic E-state index is -2.30. The number of nitrogens with zero attached hydrogens (tertiary/aromatic N) is 3. The van der Waals surface area contributed by atoms with Crippen LogP contribution in [0.2, 0.25) is 51.9 Å². The largest absolute Gasteiger partial charge is 0.437 e. The average molecular weight is 508 g/mol. The molecule has 1 fully saturated rings.